The molecule has 0 saturated heterocycles. The molecule has 2 heteroatoms. The highest BCUT2D eigenvalue weighted by atomic mass is 16.5. The van der Waals surface area contributed by atoms with Crippen molar-refractivity contribution in [3.8, 4) is 0 Å². The molecule has 24 heavy (non-hydrogen) atoms. The minimum absolute atomic E-state index is 0.909. The summed E-state index contributed by atoms with van der Waals surface area (Å²) in [4.78, 5) is 0. The molecule has 1 aromatic heterocycles. The van der Waals surface area contributed by atoms with Crippen LogP contribution in [0.2, 0.25) is 0 Å². The zero-order chi connectivity index (χ0) is 17.3. The van der Waals surface area contributed by atoms with Crippen molar-refractivity contribution >= 4 is 0 Å². The molecule has 0 aliphatic carbocycles. The predicted octanol–water partition coefficient (Wildman–Crippen LogP) is 6.73. The van der Waals surface area contributed by atoms with E-state index in [-0.39, 0.29) is 0 Å². The van der Waals surface area contributed by atoms with Crippen LogP contribution >= 0.6 is 0 Å². The summed E-state index contributed by atoms with van der Waals surface area (Å²) >= 11 is 0. The highest BCUT2D eigenvalue weighted by Gasteiger charge is 2.02. The number of hydrogen-bond donors (Lipinski definition) is 0. The van der Waals surface area contributed by atoms with Gasteiger partial charge in [0.05, 0.1) is 0 Å². The van der Waals surface area contributed by atoms with Crippen molar-refractivity contribution in [2.24, 2.45) is 0 Å². The lowest BCUT2D eigenvalue weighted by atomic mass is 10.0. The van der Waals surface area contributed by atoms with Crippen LogP contribution in [0.25, 0.3) is 0 Å². The summed E-state index contributed by atoms with van der Waals surface area (Å²) in [5.41, 5.74) is 0.909. The number of unbranched alkanes of at least 4 members (excludes halogenated alkanes) is 14. The van der Waals surface area contributed by atoms with Crippen molar-refractivity contribution in [1.82, 2.24) is 0 Å². The van der Waals surface area contributed by atoms with Gasteiger partial charge in [-0.3, -0.25) is 0 Å². The van der Waals surface area contributed by atoms with E-state index in [1.165, 1.54) is 89.9 Å². The van der Waals surface area contributed by atoms with E-state index in [0.717, 1.165) is 23.3 Å². The fourth-order valence-corrected chi connectivity index (χ4v) is 3.33. The average molecular weight is 334 g/mol. The van der Waals surface area contributed by atoms with Crippen molar-refractivity contribution in [2.75, 3.05) is 0 Å². The monoisotopic (exact) mass is 333 g/mol. The van der Waals surface area contributed by atoms with Gasteiger partial charge >= 0.3 is 0 Å². The Bertz CT molecular complexity index is 391. The van der Waals surface area contributed by atoms with Crippen LogP contribution < -0.4 is 4.73 Å². The highest BCUT2D eigenvalue weighted by Crippen LogP contribution is 2.13. The Morgan fingerprint density at radius 2 is 1.12 bits per heavy atom. The molecular formula is C22H39NO. The van der Waals surface area contributed by atoms with E-state index in [1.807, 2.05) is 12.1 Å². The SMILES string of the molecule is CCCCCCCCCCCCCCCCCc1cccc[n+]1[O-]. The molecule has 0 aliphatic heterocycles. The van der Waals surface area contributed by atoms with Gasteiger partial charge in [-0.15, -0.1) is 0 Å². The van der Waals surface area contributed by atoms with Crippen LogP contribution in [-0.2, 0) is 6.42 Å². The third kappa shape index (κ3) is 11.5. The molecule has 1 aromatic rings. The minimum atomic E-state index is 0.909. The van der Waals surface area contributed by atoms with Gasteiger partial charge in [0.2, 0.25) is 0 Å². The van der Waals surface area contributed by atoms with Crippen molar-refractivity contribution in [1.29, 1.82) is 0 Å². The Hall–Kier alpha value is -1.05. The molecule has 0 atom stereocenters. The lowest BCUT2D eigenvalue weighted by molar-refractivity contribution is -0.614. The van der Waals surface area contributed by atoms with E-state index in [2.05, 4.69) is 6.92 Å². The van der Waals surface area contributed by atoms with Crippen LogP contribution in [0.4, 0.5) is 0 Å². The summed E-state index contributed by atoms with van der Waals surface area (Å²) < 4.78 is 1.00. The molecule has 0 saturated carbocycles. The number of aryl methyl sites for hydroxylation is 1. The summed E-state index contributed by atoms with van der Waals surface area (Å²) in [6.45, 7) is 2.28. The zero-order valence-corrected chi connectivity index (χ0v) is 16.0. The molecular weight excluding hydrogens is 294 g/mol. The topological polar surface area (TPSA) is 26.9 Å². The van der Waals surface area contributed by atoms with Gasteiger partial charge < -0.3 is 5.21 Å². The molecule has 0 unspecified atom stereocenters. The Kier molecular flexibility index (Phi) is 13.5. The smallest absolute Gasteiger partial charge is 0.192 e. The number of aromatic nitrogens is 1. The summed E-state index contributed by atoms with van der Waals surface area (Å²) in [5.74, 6) is 0. The molecule has 0 N–H and O–H groups in total. The Balaban J connectivity index is 1.77. The molecule has 0 spiro atoms. The maximum Gasteiger partial charge on any atom is 0.192 e. The molecule has 1 heterocycles. The van der Waals surface area contributed by atoms with Crippen LogP contribution in [0.3, 0.4) is 0 Å². The molecule has 0 aliphatic rings. The van der Waals surface area contributed by atoms with Crippen molar-refractivity contribution in [2.45, 2.75) is 110 Å². The standard InChI is InChI=1S/C22H39NO/c1-2-3-4-5-6-7-8-9-10-11-12-13-14-15-16-19-22-20-17-18-21-23(22)24/h17-18,20-21H,2-16,19H2,1H3. The Labute approximate surface area is 150 Å². The van der Waals surface area contributed by atoms with E-state index in [4.69, 9.17) is 0 Å². The van der Waals surface area contributed by atoms with Gasteiger partial charge in [0.15, 0.2) is 11.9 Å². The summed E-state index contributed by atoms with van der Waals surface area (Å²) in [7, 11) is 0. The number of hydrogen-bond acceptors (Lipinski definition) is 1. The van der Waals surface area contributed by atoms with E-state index in [9.17, 15) is 5.21 Å². The fraction of sp³-hybridized carbons (Fsp3) is 0.773. The van der Waals surface area contributed by atoms with Gasteiger partial charge in [0.1, 0.15) is 0 Å². The highest BCUT2D eigenvalue weighted by molar-refractivity contribution is 4.97. The number of pyridine rings is 1. The van der Waals surface area contributed by atoms with E-state index in [0.29, 0.717) is 0 Å². The summed E-state index contributed by atoms with van der Waals surface area (Å²) in [6, 6.07) is 5.69. The maximum absolute atomic E-state index is 11.5. The minimum Gasteiger partial charge on any atom is -0.619 e. The van der Waals surface area contributed by atoms with Crippen LogP contribution in [0.5, 0.6) is 0 Å². The predicted molar refractivity (Wildman–Crippen MR) is 104 cm³/mol. The largest absolute Gasteiger partial charge is 0.619 e. The second-order valence-corrected chi connectivity index (χ2v) is 7.22. The van der Waals surface area contributed by atoms with Gasteiger partial charge in [0, 0.05) is 18.6 Å². The maximum atomic E-state index is 11.5. The normalized spacial score (nSPS) is 11.0. The molecule has 2 nitrogen and oxygen atoms in total. The first-order chi connectivity index (χ1) is 11.8. The fourth-order valence-electron chi connectivity index (χ4n) is 3.33. The van der Waals surface area contributed by atoms with Gasteiger partial charge in [-0.05, 0) is 6.42 Å². The number of nitrogens with zero attached hydrogens (tertiary/aromatic N) is 1. The first-order valence-corrected chi connectivity index (χ1v) is 10.5. The first-order valence-electron chi connectivity index (χ1n) is 10.5. The van der Waals surface area contributed by atoms with Gasteiger partial charge in [-0.1, -0.05) is 103 Å². The molecule has 0 bridgehead atoms. The third-order valence-electron chi connectivity index (χ3n) is 4.94. The van der Waals surface area contributed by atoms with Crippen molar-refractivity contribution in [3.05, 3.63) is 35.3 Å². The average Bonchev–Trinajstić information content (AvgIpc) is 2.60. The third-order valence-corrected chi connectivity index (χ3v) is 4.94. The van der Waals surface area contributed by atoms with Crippen LogP contribution in [0.1, 0.15) is 109 Å². The second-order valence-electron chi connectivity index (χ2n) is 7.22. The quantitative estimate of drug-likeness (QED) is 0.187. The Morgan fingerprint density at radius 3 is 1.58 bits per heavy atom. The van der Waals surface area contributed by atoms with Crippen LogP contribution in [-0.4, -0.2) is 0 Å². The lowest BCUT2D eigenvalue weighted by Crippen LogP contribution is -2.30. The molecule has 0 radical (unpaired) electrons. The van der Waals surface area contributed by atoms with Gasteiger partial charge in [-0.25, -0.2) is 0 Å². The molecule has 0 amide bonds. The summed E-state index contributed by atoms with van der Waals surface area (Å²) in [5, 5.41) is 11.5. The zero-order valence-electron chi connectivity index (χ0n) is 16.0. The molecule has 0 aromatic carbocycles. The molecule has 1 rings (SSSR count). The second kappa shape index (κ2) is 15.5. The van der Waals surface area contributed by atoms with Gasteiger partial charge in [0.25, 0.3) is 0 Å². The van der Waals surface area contributed by atoms with E-state index >= 15 is 0 Å². The van der Waals surface area contributed by atoms with E-state index < -0.39 is 0 Å². The van der Waals surface area contributed by atoms with Crippen LogP contribution in [0.15, 0.2) is 24.4 Å². The van der Waals surface area contributed by atoms with Crippen molar-refractivity contribution in [3.63, 3.8) is 0 Å². The molecule has 0 fully saturated rings. The summed E-state index contributed by atoms with van der Waals surface area (Å²) in [6.07, 6.45) is 23.3. The first kappa shape index (κ1) is 21.0. The Morgan fingerprint density at radius 1 is 0.667 bits per heavy atom. The van der Waals surface area contributed by atoms with Gasteiger partial charge in [-0.2, -0.15) is 4.73 Å². The van der Waals surface area contributed by atoms with Crippen molar-refractivity contribution < 1.29 is 4.73 Å². The molecule has 138 valence electrons. The van der Waals surface area contributed by atoms with Crippen LogP contribution in [0, 0.1) is 5.21 Å². The van der Waals surface area contributed by atoms with E-state index in [1.54, 1.807) is 12.3 Å². The number of rotatable bonds is 16. The lowest BCUT2D eigenvalue weighted by Gasteiger charge is -2.04.